The van der Waals surface area contributed by atoms with Crippen LogP contribution in [-0.2, 0) is 0 Å². The first-order chi connectivity index (χ1) is 16.5. The van der Waals surface area contributed by atoms with Crippen LogP contribution in [0.25, 0.3) is 0 Å². The fourth-order valence-corrected chi connectivity index (χ4v) is 4.89. The van der Waals surface area contributed by atoms with E-state index in [9.17, 15) is 19.8 Å². The Morgan fingerprint density at radius 3 is 1.65 bits per heavy atom. The van der Waals surface area contributed by atoms with E-state index in [4.69, 9.17) is 0 Å². The number of carboxylic acids is 2. The minimum Gasteiger partial charge on any atom is -0.478 e. The van der Waals surface area contributed by atoms with Crippen LogP contribution in [0.15, 0.2) is 72.8 Å². The van der Waals surface area contributed by atoms with Crippen LogP contribution in [0.2, 0.25) is 0 Å². The van der Waals surface area contributed by atoms with E-state index in [-0.39, 0.29) is 23.0 Å². The van der Waals surface area contributed by atoms with E-state index >= 15 is 0 Å². The van der Waals surface area contributed by atoms with Crippen molar-refractivity contribution >= 4 is 11.9 Å². The second kappa shape index (κ2) is 12.2. The van der Waals surface area contributed by atoms with Crippen molar-refractivity contribution < 1.29 is 19.8 Å². The smallest absolute Gasteiger partial charge is 0.336 e. The Kier molecular flexibility index (Phi) is 9.03. The van der Waals surface area contributed by atoms with Crippen molar-refractivity contribution in [2.45, 2.75) is 64.2 Å². The van der Waals surface area contributed by atoms with Gasteiger partial charge in [-0.1, -0.05) is 106 Å². The molecule has 4 nitrogen and oxygen atoms in total. The molecule has 3 rings (SSSR count). The van der Waals surface area contributed by atoms with Gasteiger partial charge < -0.3 is 10.2 Å². The molecule has 0 saturated carbocycles. The highest BCUT2D eigenvalue weighted by Gasteiger charge is 2.31. The first kappa shape index (κ1) is 25.2. The van der Waals surface area contributed by atoms with E-state index in [0.717, 1.165) is 55.2 Å². The number of hydrogen-bond acceptors (Lipinski definition) is 2. The van der Waals surface area contributed by atoms with Gasteiger partial charge in [-0.25, -0.2) is 9.59 Å². The van der Waals surface area contributed by atoms with Crippen molar-refractivity contribution in [3.8, 4) is 0 Å². The van der Waals surface area contributed by atoms with Gasteiger partial charge in [0.2, 0.25) is 0 Å². The summed E-state index contributed by atoms with van der Waals surface area (Å²) in [6.07, 6.45) is 5.53. The molecule has 0 aliphatic rings. The molecular formula is C30H34O4. The highest BCUT2D eigenvalue weighted by Crippen LogP contribution is 2.42. The van der Waals surface area contributed by atoms with Gasteiger partial charge in [-0.05, 0) is 41.2 Å². The Labute approximate surface area is 202 Å². The third-order valence-corrected chi connectivity index (χ3v) is 6.54. The molecular weight excluding hydrogens is 424 g/mol. The number of carboxylic acid groups (broad SMARTS) is 2. The molecule has 34 heavy (non-hydrogen) atoms. The predicted molar refractivity (Wildman–Crippen MR) is 136 cm³/mol. The lowest BCUT2D eigenvalue weighted by Crippen LogP contribution is -2.19. The van der Waals surface area contributed by atoms with Crippen molar-refractivity contribution in [1.29, 1.82) is 0 Å². The monoisotopic (exact) mass is 458 g/mol. The Morgan fingerprint density at radius 2 is 1.18 bits per heavy atom. The molecule has 0 saturated heterocycles. The number of carbonyl (C=O) groups is 2. The number of rotatable bonds is 12. The molecule has 2 unspecified atom stereocenters. The maximum atomic E-state index is 12.6. The van der Waals surface area contributed by atoms with Crippen LogP contribution in [-0.4, -0.2) is 22.2 Å². The predicted octanol–water partition coefficient (Wildman–Crippen LogP) is 7.73. The highest BCUT2D eigenvalue weighted by atomic mass is 16.4. The van der Waals surface area contributed by atoms with Gasteiger partial charge in [0, 0.05) is 11.8 Å². The summed E-state index contributed by atoms with van der Waals surface area (Å²) < 4.78 is 0. The lowest BCUT2D eigenvalue weighted by Gasteiger charge is -2.28. The molecule has 0 aromatic heterocycles. The van der Waals surface area contributed by atoms with Gasteiger partial charge in [0.15, 0.2) is 0 Å². The van der Waals surface area contributed by atoms with Gasteiger partial charge in [-0.3, -0.25) is 0 Å². The first-order valence-corrected chi connectivity index (χ1v) is 12.2. The van der Waals surface area contributed by atoms with Gasteiger partial charge >= 0.3 is 11.9 Å². The molecule has 0 fully saturated rings. The summed E-state index contributed by atoms with van der Waals surface area (Å²) in [6.45, 7) is 4.26. The second-order valence-electron chi connectivity index (χ2n) is 8.81. The van der Waals surface area contributed by atoms with Crippen molar-refractivity contribution in [3.05, 3.63) is 106 Å². The van der Waals surface area contributed by atoms with E-state index in [2.05, 4.69) is 26.0 Å². The average Bonchev–Trinajstić information content (AvgIpc) is 2.85. The van der Waals surface area contributed by atoms with Crippen molar-refractivity contribution in [2.75, 3.05) is 0 Å². The molecule has 3 aromatic carbocycles. The van der Waals surface area contributed by atoms with Crippen molar-refractivity contribution in [1.82, 2.24) is 0 Å². The average molecular weight is 459 g/mol. The molecule has 0 bridgehead atoms. The van der Waals surface area contributed by atoms with Gasteiger partial charge in [0.05, 0.1) is 11.1 Å². The molecule has 0 aliphatic heterocycles. The summed E-state index contributed by atoms with van der Waals surface area (Å²) >= 11 is 0. The van der Waals surface area contributed by atoms with Crippen LogP contribution in [0.3, 0.4) is 0 Å². The minimum absolute atomic E-state index is 0.00932. The number of unbranched alkanes of at least 4 members (excludes halogenated alkanes) is 2. The summed E-state index contributed by atoms with van der Waals surface area (Å²) in [6, 6.07) is 23.4. The SMILES string of the molecule is CCCCC(c1ccccc1)c1ccc(C(=O)O)c(C(=O)O)c1C(CCCC)c1ccccc1. The van der Waals surface area contributed by atoms with Gasteiger partial charge in [-0.2, -0.15) is 0 Å². The van der Waals surface area contributed by atoms with Crippen molar-refractivity contribution in [3.63, 3.8) is 0 Å². The summed E-state index contributed by atoms with van der Waals surface area (Å²) in [4.78, 5) is 24.7. The zero-order valence-corrected chi connectivity index (χ0v) is 20.0. The standard InChI is InChI=1S/C30H34O4/c1-3-5-17-23(21-13-9-7-10-14-21)25-19-20-26(29(31)32)28(30(33)34)27(25)24(18-6-4-2)22-15-11-8-12-16-22/h7-16,19-20,23-24H,3-6,17-18H2,1-2H3,(H,31,32)(H,33,34). The summed E-state index contributed by atoms with van der Waals surface area (Å²) in [5.41, 5.74) is 3.49. The molecule has 3 aromatic rings. The fourth-order valence-electron chi connectivity index (χ4n) is 4.89. The van der Waals surface area contributed by atoms with Crippen LogP contribution in [0.5, 0.6) is 0 Å². The van der Waals surface area contributed by atoms with E-state index in [1.54, 1.807) is 0 Å². The molecule has 0 spiro atoms. The number of aromatic carboxylic acids is 2. The van der Waals surface area contributed by atoms with E-state index in [1.165, 1.54) is 6.07 Å². The zero-order chi connectivity index (χ0) is 24.5. The van der Waals surface area contributed by atoms with Gasteiger partial charge in [0.1, 0.15) is 0 Å². The van der Waals surface area contributed by atoms with Crippen LogP contribution in [0.4, 0.5) is 0 Å². The van der Waals surface area contributed by atoms with Crippen LogP contribution >= 0.6 is 0 Å². The third kappa shape index (κ3) is 5.74. The Bertz CT molecular complexity index is 1090. The largest absolute Gasteiger partial charge is 0.478 e. The Hall–Kier alpha value is -3.40. The lowest BCUT2D eigenvalue weighted by atomic mass is 9.75. The van der Waals surface area contributed by atoms with E-state index in [1.807, 2.05) is 54.6 Å². The van der Waals surface area contributed by atoms with Gasteiger partial charge in [-0.15, -0.1) is 0 Å². The van der Waals surface area contributed by atoms with Crippen LogP contribution in [0, 0.1) is 0 Å². The third-order valence-electron chi connectivity index (χ3n) is 6.54. The summed E-state index contributed by atoms with van der Waals surface area (Å²) in [5, 5.41) is 20.2. The summed E-state index contributed by atoms with van der Waals surface area (Å²) in [7, 11) is 0. The molecule has 4 heteroatoms. The molecule has 0 amide bonds. The normalized spacial score (nSPS) is 12.8. The highest BCUT2D eigenvalue weighted by molar-refractivity contribution is 6.03. The van der Waals surface area contributed by atoms with Gasteiger partial charge in [0.25, 0.3) is 0 Å². The molecule has 0 aliphatic carbocycles. The number of hydrogen-bond donors (Lipinski definition) is 2. The van der Waals surface area contributed by atoms with Crippen LogP contribution in [0.1, 0.15) is 107 Å². The summed E-state index contributed by atoms with van der Waals surface area (Å²) in [5.74, 6) is -2.61. The van der Waals surface area contributed by atoms with E-state index < -0.39 is 11.9 Å². The Morgan fingerprint density at radius 1 is 0.676 bits per heavy atom. The Balaban J connectivity index is 2.36. The van der Waals surface area contributed by atoms with Crippen molar-refractivity contribution in [2.24, 2.45) is 0 Å². The molecule has 2 atom stereocenters. The topological polar surface area (TPSA) is 74.6 Å². The minimum atomic E-state index is -1.21. The lowest BCUT2D eigenvalue weighted by molar-refractivity contribution is 0.0650. The maximum Gasteiger partial charge on any atom is 0.336 e. The second-order valence-corrected chi connectivity index (χ2v) is 8.81. The first-order valence-electron chi connectivity index (χ1n) is 12.2. The molecule has 178 valence electrons. The molecule has 2 N–H and O–H groups in total. The molecule has 0 radical (unpaired) electrons. The fraction of sp³-hybridized carbons (Fsp3) is 0.333. The van der Waals surface area contributed by atoms with E-state index in [0.29, 0.717) is 5.56 Å². The maximum absolute atomic E-state index is 12.6. The quantitative estimate of drug-likeness (QED) is 0.291. The van der Waals surface area contributed by atoms with Crippen LogP contribution < -0.4 is 0 Å². The number of benzene rings is 3. The zero-order valence-electron chi connectivity index (χ0n) is 20.0. The molecule has 0 heterocycles.